The van der Waals surface area contributed by atoms with Crippen LogP contribution in [-0.2, 0) is 16.4 Å². The van der Waals surface area contributed by atoms with Gasteiger partial charge in [-0.3, -0.25) is 0 Å². The average molecular weight is 540 g/mol. The first kappa shape index (κ1) is 25.1. The lowest BCUT2D eigenvalue weighted by Gasteiger charge is -2.21. The highest BCUT2D eigenvalue weighted by atomic mass is 32.2. The monoisotopic (exact) mass is 540 g/mol. The molecular weight excluding hydrogens is 515 g/mol. The van der Waals surface area contributed by atoms with Gasteiger partial charge < -0.3 is 14.8 Å². The van der Waals surface area contributed by atoms with Gasteiger partial charge in [0, 0.05) is 12.6 Å². The quantitative estimate of drug-likeness (QED) is 0.374. The van der Waals surface area contributed by atoms with Crippen LogP contribution in [-0.4, -0.2) is 51.8 Å². The summed E-state index contributed by atoms with van der Waals surface area (Å²) in [6.07, 6.45) is 4.35. The number of amides is 2. The van der Waals surface area contributed by atoms with Crippen molar-refractivity contribution in [2.24, 2.45) is 0 Å². The van der Waals surface area contributed by atoms with E-state index in [9.17, 15) is 13.2 Å². The number of nitrogens with one attached hydrogen (secondary N) is 2. The third-order valence-electron chi connectivity index (χ3n) is 6.86. The molecule has 1 aliphatic heterocycles. The Morgan fingerprint density at radius 1 is 0.974 bits per heavy atom. The standard InChI is InChI=1S/C28H25BN4O5S/c29-24(17-30-28(34)32-39(35,36)22-10-11-25-26(15-22)38-13-12-37-25)23-7-3-6-20-16-31-33(27(20)23)21-9-8-18-4-1-2-5-19(18)14-21/h1-2,4-5,8-11,14-16H,3,6-7,12-13,17H2,(H2,30,32,34)/b24-23+. The van der Waals surface area contributed by atoms with Gasteiger partial charge in [-0.1, -0.05) is 35.8 Å². The van der Waals surface area contributed by atoms with Crippen molar-refractivity contribution in [2.75, 3.05) is 19.8 Å². The number of rotatable bonds is 5. The normalized spacial score (nSPS) is 15.9. The van der Waals surface area contributed by atoms with Gasteiger partial charge in [-0.2, -0.15) is 5.10 Å². The number of aryl methyl sites for hydroxylation is 1. The van der Waals surface area contributed by atoms with Crippen LogP contribution in [0.5, 0.6) is 11.5 Å². The third kappa shape index (κ3) is 4.97. The molecule has 0 saturated heterocycles. The molecule has 0 bridgehead atoms. The van der Waals surface area contributed by atoms with Crippen LogP contribution in [0.4, 0.5) is 4.79 Å². The fourth-order valence-corrected chi connectivity index (χ4v) is 5.91. The molecule has 1 aromatic heterocycles. The summed E-state index contributed by atoms with van der Waals surface area (Å²) in [5.41, 5.74) is 4.25. The molecule has 0 atom stereocenters. The van der Waals surface area contributed by atoms with E-state index in [-0.39, 0.29) is 11.4 Å². The van der Waals surface area contributed by atoms with Gasteiger partial charge in [-0.25, -0.2) is 22.6 Å². The second kappa shape index (κ2) is 10.1. The summed E-state index contributed by atoms with van der Waals surface area (Å²) in [7, 11) is 2.34. The molecule has 9 nitrogen and oxygen atoms in total. The van der Waals surface area contributed by atoms with E-state index in [0.29, 0.717) is 30.2 Å². The van der Waals surface area contributed by atoms with E-state index in [1.807, 2.05) is 33.8 Å². The molecule has 0 fully saturated rings. The molecule has 2 N–H and O–H groups in total. The first-order chi connectivity index (χ1) is 18.9. The smallest absolute Gasteiger partial charge is 0.328 e. The number of ether oxygens (including phenoxy) is 2. The van der Waals surface area contributed by atoms with Crippen LogP contribution in [0.2, 0.25) is 0 Å². The molecule has 39 heavy (non-hydrogen) atoms. The highest BCUT2D eigenvalue weighted by molar-refractivity contribution is 7.90. The number of aromatic nitrogens is 2. The Bertz CT molecular complexity index is 1730. The van der Waals surface area contributed by atoms with Gasteiger partial charge in [0.15, 0.2) is 11.5 Å². The van der Waals surface area contributed by atoms with E-state index >= 15 is 0 Å². The van der Waals surface area contributed by atoms with Gasteiger partial charge in [0.05, 0.1) is 22.5 Å². The van der Waals surface area contributed by atoms with Gasteiger partial charge in [0.25, 0.3) is 10.0 Å². The number of hydrogen-bond donors (Lipinski definition) is 2. The topological polar surface area (TPSA) is 112 Å². The Labute approximate surface area is 227 Å². The molecule has 0 spiro atoms. The predicted molar refractivity (Wildman–Crippen MR) is 148 cm³/mol. The molecule has 2 amide bonds. The second-order valence-corrected chi connectivity index (χ2v) is 11.1. The summed E-state index contributed by atoms with van der Waals surface area (Å²) in [4.78, 5) is 12.5. The van der Waals surface area contributed by atoms with Crippen LogP contribution < -0.4 is 19.5 Å². The summed E-state index contributed by atoms with van der Waals surface area (Å²) in [5, 5.41) is 9.46. The van der Waals surface area contributed by atoms with Crippen LogP contribution in [0.1, 0.15) is 24.1 Å². The van der Waals surface area contributed by atoms with Crippen LogP contribution in [0.25, 0.3) is 22.0 Å². The molecule has 6 rings (SSSR count). The highest BCUT2D eigenvalue weighted by Gasteiger charge is 2.24. The molecular formula is C28H25BN4O5S. The number of carbonyl (C=O) groups excluding carboxylic acids is 1. The Hall–Kier alpha value is -4.25. The van der Waals surface area contributed by atoms with E-state index in [0.717, 1.165) is 52.6 Å². The van der Waals surface area contributed by atoms with Crippen LogP contribution >= 0.6 is 0 Å². The highest BCUT2D eigenvalue weighted by Crippen LogP contribution is 2.35. The number of fused-ring (bicyclic) bond motifs is 3. The summed E-state index contributed by atoms with van der Waals surface area (Å²) in [6.45, 7) is 0.682. The molecule has 2 radical (unpaired) electrons. The van der Waals surface area contributed by atoms with Crippen molar-refractivity contribution in [3.63, 3.8) is 0 Å². The largest absolute Gasteiger partial charge is 0.486 e. The molecule has 4 aromatic rings. The number of benzene rings is 3. The molecule has 0 saturated carbocycles. The molecule has 3 aromatic carbocycles. The Morgan fingerprint density at radius 3 is 2.62 bits per heavy atom. The summed E-state index contributed by atoms with van der Waals surface area (Å²) in [5.74, 6) is 0.772. The van der Waals surface area contributed by atoms with Crippen molar-refractivity contribution in [3.8, 4) is 17.2 Å². The molecule has 0 unspecified atom stereocenters. The maximum Gasteiger partial charge on any atom is 0.328 e. The van der Waals surface area contributed by atoms with E-state index in [2.05, 4.69) is 34.7 Å². The van der Waals surface area contributed by atoms with Crippen molar-refractivity contribution < 1.29 is 22.7 Å². The van der Waals surface area contributed by atoms with Gasteiger partial charge in [0.2, 0.25) is 0 Å². The predicted octanol–water partition coefficient (Wildman–Crippen LogP) is 3.70. The van der Waals surface area contributed by atoms with Gasteiger partial charge in [-0.15, -0.1) is 0 Å². The molecule has 11 heteroatoms. The summed E-state index contributed by atoms with van der Waals surface area (Å²) >= 11 is 0. The number of sulfonamides is 1. The first-order valence-electron chi connectivity index (χ1n) is 12.6. The number of allylic oxidation sites excluding steroid dienone is 1. The maximum absolute atomic E-state index is 12.8. The molecule has 2 aliphatic rings. The first-order valence-corrected chi connectivity index (χ1v) is 14.1. The lowest BCUT2D eigenvalue weighted by atomic mass is 9.82. The third-order valence-corrected chi connectivity index (χ3v) is 8.19. The minimum atomic E-state index is -4.13. The van der Waals surface area contributed by atoms with Crippen molar-refractivity contribution in [1.29, 1.82) is 0 Å². The zero-order valence-electron chi connectivity index (χ0n) is 21.0. The lowest BCUT2D eigenvalue weighted by Crippen LogP contribution is -2.40. The van der Waals surface area contributed by atoms with E-state index < -0.39 is 16.1 Å². The Kier molecular flexibility index (Phi) is 6.52. The number of nitrogens with zero attached hydrogens (tertiary/aromatic N) is 2. The summed E-state index contributed by atoms with van der Waals surface area (Å²) in [6, 6.07) is 17.6. The van der Waals surface area contributed by atoms with Crippen LogP contribution in [0.15, 0.2) is 77.2 Å². The minimum absolute atomic E-state index is 0.0276. The molecule has 1 aliphatic carbocycles. The van der Waals surface area contributed by atoms with Crippen molar-refractivity contribution in [1.82, 2.24) is 19.8 Å². The van der Waals surface area contributed by atoms with Crippen molar-refractivity contribution >= 4 is 40.2 Å². The Morgan fingerprint density at radius 2 is 1.77 bits per heavy atom. The average Bonchev–Trinajstić information content (AvgIpc) is 3.39. The second-order valence-electron chi connectivity index (χ2n) is 9.41. The summed E-state index contributed by atoms with van der Waals surface area (Å²) < 4.78 is 40.3. The molecule has 196 valence electrons. The lowest BCUT2D eigenvalue weighted by molar-refractivity contribution is 0.171. The number of urea groups is 1. The van der Waals surface area contributed by atoms with Crippen LogP contribution in [0, 0.1) is 0 Å². The fourth-order valence-electron chi connectivity index (χ4n) is 4.97. The van der Waals surface area contributed by atoms with E-state index in [4.69, 9.17) is 17.3 Å². The van der Waals surface area contributed by atoms with Gasteiger partial charge >= 0.3 is 6.03 Å². The zero-order valence-corrected chi connectivity index (χ0v) is 21.8. The van der Waals surface area contributed by atoms with Gasteiger partial charge in [0.1, 0.15) is 21.1 Å². The van der Waals surface area contributed by atoms with Crippen LogP contribution in [0.3, 0.4) is 0 Å². The molecule has 2 heterocycles. The van der Waals surface area contributed by atoms with E-state index in [1.54, 1.807) is 0 Å². The van der Waals surface area contributed by atoms with Crippen molar-refractivity contribution in [2.45, 2.75) is 24.2 Å². The fraction of sp³-hybridized carbons (Fsp3) is 0.214. The SMILES string of the molecule is [B]/C(CNC(=O)NS(=O)(=O)c1ccc2c(c1)OCCO2)=C1\CCCc2cnn(-c3ccc4ccccc4c3)c21. The number of carbonyl (C=O) groups is 1. The zero-order chi connectivity index (χ0) is 27.0. The minimum Gasteiger partial charge on any atom is -0.486 e. The van der Waals surface area contributed by atoms with Crippen molar-refractivity contribution in [3.05, 3.63) is 83.6 Å². The Balaban J connectivity index is 1.20. The van der Waals surface area contributed by atoms with Gasteiger partial charge in [-0.05, 0) is 65.4 Å². The van der Waals surface area contributed by atoms with E-state index in [1.165, 1.54) is 18.2 Å². The maximum atomic E-state index is 12.8. The number of hydrogen-bond acceptors (Lipinski definition) is 6.